The molecule has 0 amide bonds. The molecule has 2 rings (SSSR count). The molecule has 1 N–H and O–H groups in total. The average molecular weight is 283 g/mol. The zero-order chi connectivity index (χ0) is 13.7. The Kier molecular flexibility index (Phi) is 5.36. The van der Waals surface area contributed by atoms with E-state index in [0.717, 1.165) is 11.5 Å². The Morgan fingerprint density at radius 1 is 1.26 bits per heavy atom. The lowest BCUT2D eigenvalue weighted by Gasteiger charge is -2.21. The zero-order valence-electron chi connectivity index (χ0n) is 11.7. The van der Waals surface area contributed by atoms with Gasteiger partial charge in [0.15, 0.2) is 11.5 Å². The maximum Gasteiger partial charge on any atom is 0.162 e. The largest absolute Gasteiger partial charge is 0.486 e. The molecule has 0 saturated carbocycles. The van der Waals surface area contributed by atoms with E-state index < -0.39 is 0 Å². The molecular weight excluding hydrogens is 262 g/mol. The molecular formula is C14H21NO3S. The van der Waals surface area contributed by atoms with Crippen molar-refractivity contribution in [3.63, 3.8) is 0 Å². The maximum atomic E-state index is 5.61. The van der Waals surface area contributed by atoms with Crippen LogP contribution < -0.4 is 15.0 Å². The van der Waals surface area contributed by atoms with E-state index in [2.05, 4.69) is 25.6 Å². The Balaban J connectivity index is 2.02. The molecule has 1 aromatic rings. The van der Waals surface area contributed by atoms with Gasteiger partial charge in [0.1, 0.15) is 13.2 Å². The summed E-state index contributed by atoms with van der Waals surface area (Å²) in [4.78, 5) is 6.60. The molecule has 1 aliphatic rings. The van der Waals surface area contributed by atoms with Crippen LogP contribution >= 0.6 is 11.8 Å². The van der Waals surface area contributed by atoms with E-state index in [4.69, 9.17) is 14.3 Å². The van der Waals surface area contributed by atoms with Crippen LogP contribution in [-0.4, -0.2) is 26.1 Å². The molecule has 0 aromatic heterocycles. The quantitative estimate of drug-likeness (QED) is 0.494. The summed E-state index contributed by atoms with van der Waals surface area (Å²) in [5.74, 6) is 2.18. The Labute approximate surface area is 118 Å². The van der Waals surface area contributed by atoms with Gasteiger partial charge in [-0.25, -0.2) is 0 Å². The first-order valence-electron chi connectivity index (χ1n) is 6.52. The molecule has 0 radical (unpaired) electrons. The van der Waals surface area contributed by atoms with Crippen molar-refractivity contribution in [1.29, 1.82) is 0 Å². The van der Waals surface area contributed by atoms with E-state index in [1.165, 1.54) is 10.5 Å². The second-order valence-electron chi connectivity index (χ2n) is 4.83. The van der Waals surface area contributed by atoms with Crippen LogP contribution in [0.2, 0.25) is 0 Å². The molecule has 0 saturated heterocycles. The van der Waals surface area contributed by atoms with Gasteiger partial charge < -0.3 is 14.3 Å². The van der Waals surface area contributed by atoms with Gasteiger partial charge in [-0.2, -0.15) is 5.48 Å². The fraction of sp³-hybridized carbons (Fsp3) is 0.571. The van der Waals surface area contributed by atoms with Crippen LogP contribution in [0.5, 0.6) is 11.5 Å². The second kappa shape index (κ2) is 7.03. The standard InChI is InChI=1S/C14H21NO3S/c1-10(2)9-18-15-8-11-6-12-13(7-14(11)19-3)17-5-4-16-12/h6-7,10,15H,4-5,8-9H2,1-3H3. The Bertz CT molecular complexity index is 423. The number of hydrogen-bond acceptors (Lipinski definition) is 5. The summed E-state index contributed by atoms with van der Waals surface area (Å²) in [5.41, 5.74) is 4.17. The predicted molar refractivity (Wildman–Crippen MR) is 76.8 cm³/mol. The fourth-order valence-corrected chi connectivity index (χ4v) is 2.41. The van der Waals surface area contributed by atoms with Gasteiger partial charge in [-0.15, -0.1) is 11.8 Å². The van der Waals surface area contributed by atoms with Gasteiger partial charge in [-0.05, 0) is 29.9 Å². The summed E-state index contributed by atoms with van der Waals surface area (Å²) < 4.78 is 11.2. The van der Waals surface area contributed by atoms with E-state index in [1.54, 1.807) is 11.8 Å². The lowest BCUT2D eigenvalue weighted by atomic mass is 10.2. The highest BCUT2D eigenvalue weighted by molar-refractivity contribution is 7.98. The number of nitrogens with one attached hydrogen (secondary N) is 1. The van der Waals surface area contributed by atoms with Crippen molar-refractivity contribution < 1.29 is 14.3 Å². The van der Waals surface area contributed by atoms with Crippen molar-refractivity contribution >= 4 is 11.8 Å². The monoisotopic (exact) mass is 283 g/mol. The molecule has 0 spiro atoms. The third kappa shape index (κ3) is 4.03. The molecule has 0 unspecified atom stereocenters. The van der Waals surface area contributed by atoms with E-state index in [1.807, 2.05) is 12.1 Å². The SMILES string of the molecule is CSc1cc2c(cc1CNOCC(C)C)OCCO2. The van der Waals surface area contributed by atoms with E-state index in [0.29, 0.717) is 32.3 Å². The van der Waals surface area contributed by atoms with Gasteiger partial charge in [0, 0.05) is 11.4 Å². The van der Waals surface area contributed by atoms with Crippen LogP contribution in [0.3, 0.4) is 0 Å². The fourth-order valence-electron chi connectivity index (χ4n) is 1.79. The summed E-state index contributed by atoms with van der Waals surface area (Å²) in [6.07, 6.45) is 2.06. The summed E-state index contributed by atoms with van der Waals surface area (Å²) in [5, 5.41) is 0. The number of rotatable bonds is 6. The van der Waals surface area contributed by atoms with Gasteiger partial charge in [0.25, 0.3) is 0 Å². The average Bonchev–Trinajstić information content (AvgIpc) is 2.42. The van der Waals surface area contributed by atoms with Crippen LogP contribution in [0.25, 0.3) is 0 Å². The minimum absolute atomic E-state index is 0.521. The highest BCUT2D eigenvalue weighted by Crippen LogP contribution is 2.36. The topological polar surface area (TPSA) is 39.7 Å². The molecule has 0 bridgehead atoms. The van der Waals surface area contributed by atoms with Crippen molar-refractivity contribution in [2.75, 3.05) is 26.1 Å². The van der Waals surface area contributed by atoms with Crippen LogP contribution in [0, 0.1) is 5.92 Å². The van der Waals surface area contributed by atoms with Gasteiger partial charge in [-0.3, -0.25) is 0 Å². The van der Waals surface area contributed by atoms with Crippen molar-refractivity contribution in [2.45, 2.75) is 25.3 Å². The number of thioether (sulfide) groups is 1. The van der Waals surface area contributed by atoms with Gasteiger partial charge in [0.2, 0.25) is 0 Å². The van der Waals surface area contributed by atoms with E-state index in [-0.39, 0.29) is 0 Å². The van der Waals surface area contributed by atoms with Crippen LogP contribution in [-0.2, 0) is 11.4 Å². The summed E-state index contributed by atoms with van der Waals surface area (Å²) in [7, 11) is 0. The molecule has 1 heterocycles. The Morgan fingerprint density at radius 3 is 2.58 bits per heavy atom. The number of benzene rings is 1. The first-order chi connectivity index (χ1) is 9.20. The number of hydrogen-bond donors (Lipinski definition) is 1. The maximum absolute atomic E-state index is 5.61. The van der Waals surface area contributed by atoms with Crippen molar-refractivity contribution in [1.82, 2.24) is 5.48 Å². The van der Waals surface area contributed by atoms with Crippen molar-refractivity contribution in [2.24, 2.45) is 5.92 Å². The normalized spacial score (nSPS) is 13.9. The molecule has 1 aliphatic heterocycles. The summed E-state index contributed by atoms with van der Waals surface area (Å²) in [6.45, 7) is 6.86. The highest BCUT2D eigenvalue weighted by atomic mass is 32.2. The van der Waals surface area contributed by atoms with Crippen LogP contribution in [0.15, 0.2) is 17.0 Å². The first-order valence-corrected chi connectivity index (χ1v) is 7.74. The summed E-state index contributed by atoms with van der Waals surface area (Å²) in [6, 6.07) is 4.07. The molecule has 1 aromatic carbocycles. The van der Waals surface area contributed by atoms with E-state index in [9.17, 15) is 0 Å². The molecule has 0 fully saturated rings. The second-order valence-corrected chi connectivity index (χ2v) is 5.68. The number of fused-ring (bicyclic) bond motifs is 1. The Hall–Kier alpha value is -0.910. The number of ether oxygens (including phenoxy) is 2. The third-order valence-electron chi connectivity index (χ3n) is 2.73. The molecule has 0 atom stereocenters. The molecule has 4 nitrogen and oxygen atoms in total. The molecule has 0 aliphatic carbocycles. The minimum atomic E-state index is 0.521. The van der Waals surface area contributed by atoms with E-state index >= 15 is 0 Å². The van der Waals surface area contributed by atoms with Gasteiger partial charge >= 0.3 is 0 Å². The lowest BCUT2D eigenvalue weighted by Crippen LogP contribution is -2.19. The molecule has 106 valence electrons. The van der Waals surface area contributed by atoms with Crippen molar-refractivity contribution in [3.8, 4) is 11.5 Å². The predicted octanol–water partition coefficient (Wildman–Crippen LogP) is 2.86. The number of hydroxylamine groups is 1. The van der Waals surface area contributed by atoms with Crippen LogP contribution in [0.4, 0.5) is 0 Å². The van der Waals surface area contributed by atoms with Gasteiger partial charge in [0.05, 0.1) is 6.61 Å². The minimum Gasteiger partial charge on any atom is -0.486 e. The smallest absolute Gasteiger partial charge is 0.162 e. The zero-order valence-corrected chi connectivity index (χ0v) is 12.5. The third-order valence-corrected chi connectivity index (χ3v) is 3.55. The molecule has 5 heteroatoms. The molecule has 19 heavy (non-hydrogen) atoms. The Morgan fingerprint density at radius 2 is 1.95 bits per heavy atom. The lowest BCUT2D eigenvalue weighted by molar-refractivity contribution is 0.0192. The highest BCUT2D eigenvalue weighted by Gasteiger charge is 2.15. The summed E-state index contributed by atoms with van der Waals surface area (Å²) >= 11 is 1.70. The van der Waals surface area contributed by atoms with Crippen molar-refractivity contribution in [3.05, 3.63) is 17.7 Å². The first kappa shape index (κ1) is 14.5. The van der Waals surface area contributed by atoms with Gasteiger partial charge in [-0.1, -0.05) is 13.8 Å². The van der Waals surface area contributed by atoms with Crippen LogP contribution in [0.1, 0.15) is 19.4 Å².